The maximum Gasteiger partial charge on any atom is 0.339 e. The van der Waals surface area contributed by atoms with Crippen molar-refractivity contribution in [2.24, 2.45) is 0 Å². The van der Waals surface area contributed by atoms with Gasteiger partial charge in [0.2, 0.25) is 5.91 Å². The molecule has 1 fully saturated rings. The maximum atomic E-state index is 13.0. The predicted octanol–water partition coefficient (Wildman–Crippen LogP) is 5.69. The number of ether oxygens (including phenoxy) is 2. The molecule has 3 aromatic carbocycles. The molecule has 0 bridgehead atoms. The van der Waals surface area contributed by atoms with Gasteiger partial charge in [0.25, 0.3) is 11.1 Å². The number of anilines is 1. The smallest absolute Gasteiger partial charge is 0.339 e. The van der Waals surface area contributed by atoms with Gasteiger partial charge in [-0.25, -0.2) is 4.79 Å². The molecule has 3 aromatic rings. The molecule has 8 nitrogen and oxygen atoms in total. The van der Waals surface area contributed by atoms with Crippen molar-refractivity contribution in [3.8, 4) is 5.75 Å². The first-order chi connectivity index (χ1) is 18.2. The van der Waals surface area contributed by atoms with E-state index in [1.54, 1.807) is 24.3 Å². The highest BCUT2D eigenvalue weighted by Crippen LogP contribution is 2.34. The Morgan fingerprint density at radius 1 is 1.05 bits per heavy atom. The van der Waals surface area contributed by atoms with Crippen LogP contribution in [0, 0.1) is 6.92 Å². The zero-order valence-corrected chi connectivity index (χ0v) is 22.1. The monoisotopic (exact) mass is 550 g/mol. The molecule has 4 rings (SSSR count). The Morgan fingerprint density at radius 3 is 2.61 bits per heavy atom. The molecule has 1 N–H and O–H groups in total. The van der Waals surface area contributed by atoms with Crippen molar-refractivity contribution in [1.29, 1.82) is 0 Å². The van der Waals surface area contributed by atoms with Crippen molar-refractivity contribution < 1.29 is 28.7 Å². The van der Waals surface area contributed by atoms with Gasteiger partial charge in [0.15, 0.2) is 0 Å². The largest absolute Gasteiger partial charge is 0.488 e. The van der Waals surface area contributed by atoms with Crippen LogP contribution < -0.4 is 10.1 Å². The van der Waals surface area contributed by atoms with Gasteiger partial charge in [-0.3, -0.25) is 19.3 Å². The van der Waals surface area contributed by atoms with Crippen LogP contribution in [0.25, 0.3) is 6.08 Å². The number of aryl methyl sites for hydroxylation is 1. The quantitative estimate of drug-likeness (QED) is 0.284. The Balaban J connectivity index is 1.44. The first kappa shape index (κ1) is 27.0. The van der Waals surface area contributed by atoms with Gasteiger partial charge in [0, 0.05) is 11.3 Å². The van der Waals surface area contributed by atoms with Gasteiger partial charge in [-0.05, 0) is 54.6 Å². The van der Waals surface area contributed by atoms with Crippen LogP contribution in [0.2, 0.25) is 5.02 Å². The van der Waals surface area contributed by atoms with Crippen LogP contribution in [-0.2, 0) is 20.9 Å². The lowest BCUT2D eigenvalue weighted by molar-refractivity contribution is -0.127. The molecular weight excluding hydrogens is 528 g/mol. The standard InChI is InChI=1S/C28H23ClN2O6S/c1-17-6-5-7-18(12-17)16-37-23-9-4-3-8-19(23)13-24-26(33)31(28(35)38-24)15-25(32)30-20-10-11-22(29)21(14-20)27(34)36-2/h3-14H,15-16H2,1-2H3,(H,30,32)/b24-13+. The molecule has 1 heterocycles. The van der Waals surface area contributed by atoms with Crippen LogP contribution in [0.15, 0.2) is 71.6 Å². The van der Waals surface area contributed by atoms with E-state index in [2.05, 4.69) is 10.1 Å². The summed E-state index contributed by atoms with van der Waals surface area (Å²) in [5.74, 6) is -1.31. The van der Waals surface area contributed by atoms with Gasteiger partial charge in [0.1, 0.15) is 18.9 Å². The molecular formula is C28H23ClN2O6S. The lowest BCUT2D eigenvalue weighted by Gasteiger charge is -2.13. The van der Waals surface area contributed by atoms with E-state index in [4.69, 9.17) is 16.3 Å². The first-order valence-electron chi connectivity index (χ1n) is 11.5. The summed E-state index contributed by atoms with van der Waals surface area (Å²) in [7, 11) is 1.21. The van der Waals surface area contributed by atoms with Crippen molar-refractivity contribution >= 4 is 58.1 Å². The number of carbonyl (C=O) groups is 4. The summed E-state index contributed by atoms with van der Waals surface area (Å²) in [6.07, 6.45) is 1.58. The number of methoxy groups -OCH3 is 1. The van der Waals surface area contributed by atoms with E-state index < -0.39 is 29.6 Å². The Morgan fingerprint density at radius 2 is 1.84 bits per heavy atom. The normalized spacial score (nSPS) is 14.1. The number of thioether (sulfide) groups is 1. The number of nitrogens with zero attached hydrogens (tertiary/aromatic N) is 1. The third kappa shape index (κ3) is 6.42. The number of para-hydroxylation sites is 1. The van der Waals surface area contributed by atoms with Crippen molar-refractivity contribution in [2.75, 3.05) is 19.0 Å². The van der Waals surface area contributed by atoms with E-state index in [0.717, 1.165) is 27.8 Å². The average molecular weight is 551 g/mol. The summed E-state index contributed by atoms with van der Waals surface area (Å²) in [5, 5.41) is 2.16. The van der Waals surface area contributed by atoms with Crippen molar-refractivity contribution in [3.63, 3.8) is 0 Å². The van der Waals surface area contributed by atoms with Crippen LogP contribution in [0.1, 0.15) is 27.0 Å². The second-order valence-corrected chi connectivity index (χ2v) is 9.72. The van der Waals surface area contributed by atoms with E-state index >= 15 is 0 Å². The van der Waals surface area contributed by atoms with Gasteiger partial charge in [0.05, 0.1) is 22.6 Å². The number of hydrogen-bond acceptors (Lipinski definition) is 7. The summed E-state index contributed by atoms with van der Waals surface area (Å²) in [5.41, 5.74) is 3.10. The Bertz CT molecular complexity index is 1450. The molecule has 0 unspecified atom stereocenters. The van der Waals surface area contributed by atoms with Gasteiger partial charge in [-0.15, -0.1) is 0 Å². The van der Waals surface area contributed by atoms with E-state index in [-0.39, 0.29) is 21.2 Å². The summed E-state index contributed by atoms with van der Waals surface area (Å²) >= 11 is 6.75. The number of hydrogen-bond donors (Lipinski definition) is 1. The fourth-order valence-corrected chi connectivity index (χ4v) is 4.71. The molecule has 10 heteroatoms. The van der Waals surface area contributed by atoms with Crippen LogP contribution >= 0.6 is 23.4 Å². The van der Waals surface area contributed by atoms with Crippen LogP contribution in [0.5, 0.6) is 5.75 Å². The molecule has 1 aliphatic rings. The molecule has 0 aromatic heterocycles. The number of carbonyl (C=O) groups excluding carboxylic acids is 4. The summed E-state index contributed by atoms with van der Waals surface area (Å²) in [6, 6.07) is 19.4. The zero-order chi connectivity index (χ0) is 27.2. The highest BCUT2D eigenvalue weighted by molar-refractivity contribution is 8.18. The number of rotatable bonds is 8. The second kappa shape index (κ2) is 12.0. The highest BCUT2D eigenvalue weighted by atomic mass is 35.5. The minimum Gasteiger partial charge on any atom is -0.488 e. The number of nitrogens with one attached hydrogen (secondary N) is 1. The SMILES string of the molecule is COC(=O)c1cc(NC(=O)CN2C(=O)S/C(=C/c3ccccc3OCc3cccc(C)c3)C2=O)ccc1Cl. The minimum atomic E-state index is -0.662. The number of imide groups is 1. The summed E-state index contributed by atoms with van der Waals surface area (Å²) in [6.45, 7) is 1.85. The topological polar surface area (TPSA) is 102 Å². The third-order valence-electron chi connectivity index (χ3n) is 5.51. The molecule has 38 heavy (non-hydrogen) atoms. The number of esters is 1. The van der Waals surface area contributed by atoms with Crippen LogP contribution in [0.3, 0.4) is 0 Å². The molecule has 0 atom stereocenters. The average Bonchev–Trinajstić information content (AvgIpc) is 3.16. The summed E-state index contributed by atoms with van der Waals surface area (Å²) in [4.78, 5) is 51.0. The molecule has 3 amide bonds. The Labute approximate surface area is 228 Å². The fourth-order valence-electron chi connectivity index (χ4n) is 3.69. The molecule has 0 aliphatic carbocycles. The zero-order valence-electron chi connectivity index (χ0n) is 20.5. The molecule has 0 radical (unpaired) electrons. The Hall–Kier alpha value is -4.08. The Kier molecular flexibility index (Phi) is 8.50. The highest BCUT2D eigenvalue weighted by Gasteiger charge is 2.36. The number of benzene rings is 3. The molecule has 1 saturated heterocycles. The fraction of sp³-hybridized carbons (Fsp3) is 0.143. The van der Waals surface area contributed by atoms with Gasteiger partial charge in [-0.2, -0.15) is 0 Å². The first-order valence-corrected chi connectivity index (χ1v) is 12.6. The van der Waals surface area contributed by atoms with Gasteiger partial charge in [-0.1, -0.05) is 59.6 Å². The molecule has 0 saturated carbocycles. The summed E-state index contributed by atoms with van der Waals surface area (Å²) < 4.78 is 10.7. The van der Waals surface area contributed by atoms with Crippen molar-refractivity contribution in [3.05, 3.63) is 98.9 Å². The predicted molar refractivity (Wildman–Crippen MR) is 146 cm³/mol. The molecule has 0 spiro atoms. The molecule has 1 aliphatic heterocycles. The second-order valence-electron chi connectivity index (χ2n) is 8.32. The van der Waals surface area contributed by atoms with E-state index in [9.17, 15) is 19.2 Å². The van der Waals surface area contributed by atoms with Crippen LogP contribution in [-0.4, -0.2) is 41.6 Å². The molecule has 194 valence electrons. The third-order valence-corrected chi connectivity index (χ3v) is 6.75. The number of amides is 3. The lowest BCUT2D eigenvalue weighted by Crippen LogP contribution is -2.36. The minimum absolute atomic E-state index is 0.0735. The van der Waals surface area contributed by atoms with Crippen LogP contribution in [0.4, 0.5) is 10.5 Å². The van der Waals surface area contributed by atoms with Crippen molar-refractivity contribution in [1.82, 2.24) is 4.90 Å². The number of halogens is 1. The van der Waals surface area contributed by atoms with Gasteiger partial charge >= 0.3 is 5.97 Å². The lowest BCUT2D eigenvalue weighted by atomic mass is 10.1. The van der Waals surface area contributed by atoms with E-state index in [1.165, 1.54) is 25.3 Å². The van der Waals surface area contributed by atoms with E-state index in [1.807, 2.05) is 37.3 Å². The maximum absolute atomic E-state index is 13.0. The van der Waals surface area contributed by atoms with E-state index in [0.29, 0.717) is 17.9 Å². The van der Waals surface area contributed by atoms with Crippen molar-refractivity contribution in [2.45, 2.75) is 13.5 Å². The van der Waals surface area contributed by atoms with Gasteiger partial charge < -0.3 is 14.8 Å².